The monoisotopic (exact) mass is 180 g/mol. The highest BCUT2D eigenvalue weighted by atomic mass is 16.6. The Bertz CT molecular complexity index is 275. The molecule has 0 amide bonds. The van der Waals surface area contributed by atoms with Gasteiger partial charge in [0.2, 0.25) is 0 Å². The zero-order valence-corrected chi connectivity index (χ0v) is 8.52. The topological polar surface area (TPSA) is 26.3 Å². The van der Waals surface area contributed by atoms with Crippen LogP contribution in [0.3, 0.4) is 0 Å². The van der Waals surface area contributed by atoms with E-state index in [0.717, 1.165) is 6.42 Å². The van der Waals surface area contributed by atoms with Crippen LogP contribution >= 0.6 is 0 Å². The van der Waals surface area contributed by atoms with Crippen molar-refractivity contribution >= 4 is 5.97 Å². The molecule has 0 aromatic heterocycles. The average molecular weight is 180 g/mol. The summed E-state index contributed by atoms with van der Waals surface area (Å²) >= 11 is 0. The summed E-state index contributed by atoms with van der Waals surface area (Å²) < 4.78 is 5.30. The Balaban J connectivity index is 1.90. The molecule has 2 aliphatic rings. The molecular formula is C11H16O2. The lowest BCUT2D eigenvalue weighted by atomic mass is 10.2. The van der Waals surface area contributed by atoms with E-state index in [1.165, 1.54) is 24.0 Å². The van der Waals surface area contributed by atoms with Crippen LogP contribution in [0.25, 0.3) is 0 Å². The molecule has 2 rings (SSSR count). The van der Waals surface area contributed by atoms with Gasteiger partial charge in [0, 0.05) is 0 Å². The maximum Gasteiger partial charge on any atom is 0.313 e. The van der Waals surface area contributed by atoms with Crippen molar-refractivity contribution in [2.75, 3.05) is 0 Å². The molecule has 1 unspecified atom stereocenters. The number of hydrogen-bond acceptors (Lipinski definition) is 2. The standard InChI is InChI=1S/C11H16O2/c1-11(2,3)13-10(12)9-6-8(9)7-4-5-7/h9H,4-6H2,1-3H3. The lowest BCUT2D eigenvalue weighted by Crippen LogP contribution is -2.24. The largest absolute Gasteiger partial charge is 0.459 e. The second kappa shape index (κ2) is 2.60. The van der Waals surface area contributed by atoms with Gasteiger partial charge in [0.25, 0.3) is 0 Å². The van der Waals surface area contributed by atoms with Crippen molar-refractivity contribution in [2.24, 2.45) is 5.92 Å². The minimum Gasteiger partial charge on any atom is -0.459 e. The summed E-state index contributed by atoms with van der Waals surface area (Å²) in [5, 5.41) is 0. The highest BCUT2D eigenvalue weighted by Gasteiger charge is 2.43. The van der Waals surface area contributed by atoms with Gasteiger partial charge in [-0.05, 0) is 40.0 Å². The van der Waals surface area contributed by atoms with Crippen LogP contribution in [0.1, 0.15) is 40.0 Å². The summed E-state index contributed by atoms with van der Waals surface area (Å²) in [4.78, 5) is 11.5. The van der Waals surface area contributed by atoms with Crippen molar-refractivity contribution in [3.63, 3.8) is 0 Å². The van der Waals surface area contributed by atoms with Crippen LogP contribution in [-0.4, -0.2) is 11.6 Å². The molecule has 1 atom stereocenters. The summed E-state index contributed by atoms with van der Waals surface area (Å²) in [6, 6.07) is 0. The normalized spacial score (nSPS) is 25.9. The fourth-order valence-corrected chi connectivity index (χ4v) is 1.53. The van der Waals surface area contributed by atoms with Crippen molar-refractivity contribution in [3.8, 4) is 0 Å². The van der Waals surface area contributed by atoms with Gasteiger partial charge in [-0.2, -0.15) is 0 Å². The molecule has 0 bridgehead atoms. The minimum absolute atomic E-state index is 0.0260. The van der Waals surface area contributed by atoms with E-state index in [0.29, 0.717) is 0 Å². The first kappa shape index (κ1) is 8.79. The predicted octanol–water partition coefficient (Wildman–Crippen LogP) is 2.44. The molecule has 0 aromatic carbocycles. The average Bonchev–Trinajstić information content (AvgIpc) is 2.79. The lowest BCUT2D eigenvalue weighted by Gasteiger charge is -2.19. The van der Waals surface area contributed by atoms with E-state index in [1.807, 2.05) is 20.8 Å². The van der Waals surface area contributed by atoms with Gasteiger partial charge in [-0.3, -0.25) is 4.79 Å². The molecule has 0 spiro atoms. The van der Waals surface area contributed by atoms with Crippen molar-refractivity contribution in [3.05, 3.63) is 11.1 Å². The van der Waals surface area contributed by atoms with Gasteiger partial charge in [0.15, 0.2) is 0 Å². The molecule has 2 heteroatoms. The van der Waals surface area contributed by atoms with E-state index in [-0.39, 0.29) is 17.5 Å². The van der Waals surface area contributed by atoms with Crippen LogP contribution in [0.4, 0.5) is 0 Å². The van der Waals surface area contributed by atoms with Gasteiger partial charge in [0.1, 0.15) is 5.60 Å². The Morgan fingerprint density at radius 1 is 1.38 bits per heavy atom. The fraction of sp³-hybridized carbons (Fsp3) is 0.727. The first-order chi connectivity index (χ1) is 5.97. The van der Waals surface area contributed by atoms with Gasteiger partial charge in [-0.15, -0.1) is 0 Å². The van der Waals surface area contributed by atoms with Gasteiger partial charge >= 0.3 is 5.97 Å². The number of carbonyl (C=O) groups excluding carboxylic acids is 1. The summed E-state index contributed by atoms with van der Waals surface area (Å²) in [5.74, 6) is 0.0959. The van der Waals surface area contributed by atoms with E-state index in [1.54, 1.807) is 0 Å². The highest BCUT2D eigenvalue weighted by Crippen LogP contribution is 2.49. The van der Waals surface area contributed by atoms with Gasteiger partial charge < -0.3 is 4.74 Å². The van der Waals surface area contributed by atoms with E-state index >= 15 is 0 Å². The molecule has 72 valence electrons. The van der Waals surface area contributed by atoms with Crippen molar-refractivity contribution in [2.45, 2.75) is 45.6 Å². The van der Waals surface area contributed by atoms with Crippen LogP contribution < -0.4 is 0 Å². The lowest BCUT2D eigenvalue weighted by molar-refractivity contribution is -0.155. The Morgan fingerprint density at radius 3 is 2.46 bits per heavy atom. The second-order valence-corrected chi connectivity index (χ2v) is 4.92. The third-order valence-electron chi connectivity index (χ3n) is 2.33. The van der Waals surface area contributed by atoms with Crippen molar-refractivity contribution in [1.82, 2.24) is 0 Å². The molecule has 0 aliphatic heterocycles. The number of allylic oxidation sites excluding steroid dienone is 1. The quantitative estimate of drug-likeness (QED) is 0.457. The molecule has 2 aliphatic carbocycles. The maximum atomic E-state index is 11.5. The van der Waals surface area contributed by atoms with Crippen molar-refractivity contribution < 1.29 is 9.53 Å². The minimum atomic E-state index is -0.334. The van der Waals surface area contributed by atoms with Crippen LogP contribution in [0.15, 0.2) is 11.1 Å². The molecule has 0 N–H and O–H groups in total. The number of hydrogen-bond donors (Lipinski definition) is 0. The molecule has 0 aromatic rings. The Hall–Kier alpha value is -0.790. The van der Waals surface area contributed by atoms with Crippen LogP contribution in [0.2, 0.25) is 0 Å². The Kier molecular flexibility index (Phi) is 1.76. The summed E-state index contributed by atoms with van der Waals surface area (Å²) in [6.45, 7) is 5.74. The molecule has 0 radical (unpaired) electrons. The highest BCUT2D eigenvalue weighted by molar-refractivity contribution is 5.82. The van der Waals surface area contributed by atoms with E-state index in [2.05, 4.69) is 0 Å². The second-order valence-electron chi connectivity index (χ2n) is 4.92. The van der Waals surface area contributed by atoms with E-state index in [9.17, 15) is 4.79 Å². The third-order valence-corrected chi connectivity index (χ3v) is 2.33. The molecule has 13 heavy (non-hydrogen) atoms. The smallest absolute Gasteiger partial charge is 0.313 e. The van der Waals surface area contributed by atoms with Crippen molar-refractivity contribution in [1.29, 1.82) is 0 Å². The summed E-state index contributed by atoms with van der Waals surface area (Å²) in [5.41, 5.74) is 2.55. The van der Waals surface area contributed by atoms with Gasteiger partial charge in [-0.1, -0.05) is 11.1 Å². The van der Waals surface area contributed by atoms with Gasteiger partial charge in [0.05, 0.1) is 5.92 Å². The van der Waals surface area contributed by atoms with Crippen LogP contribution in [0.5, 0.6) is 0 Å². The number of carbonyl (C=O) groups is 1. The number of rotatable bonds is 1. The summed E-state index contributed by atoms with van der Waals surface area (Å²) in [7, 11) is 0. The molecule has 0 saturated heterocycles. The third kappa shape index (κ3) is 2.11. The molecule has 0 heterocycles. The maximum absolute atomic E-state index is 11.5. The van der Waals surface area contributed by atoms with E-state index in [4.69, 9.17) is 4.74 Å². The first-order valence-electron chi connectivity index (χ1n) is 4.91. The Labute approximate surface area is 79.0 Å². The van der Waals surface area contributed by atoms with Gasteiger partial charge in [-0.25, -0.2) is 0 Å². The number of ether oxygens (including phenoxy) is 1. The fourth-order valence-electron chi connectivity index (χ4n) is 1.53. The first-order valence-corrected chi connectivity index (χ1v) is 4.91. The van der Waals surface area contributed by atoms with Crippen LogP contribution in [-0.2, 0) is 9.53 Å². The molecule has 2 fully saturated rings. The zero-order chi connectivity index (χ0) is 9.64. The SMILES string of the molecule is CC(C)(C)OC(=O)C1CC1=C1CC1. The molecule has 2 saturated carbocycles. The summed E-state index contributed by atoms with van der Waals surface area (Å²) in [6.07, 6.45) is 3.40. The Morgan fingerprint density at radius 2 is 2.00 bits per heavy atom. The zero-order valence-electron chi connectivity index (χ0n) is 8.52. The number of esters is 1. The predicted molar refractivity (Wildman–Crippen MR) is 50.2 cm³/mol. The van der Waals surface area contributed by atoms with Crippen LogP contribution in [0, 0.1) is 5.92 Å². The van der Waals surface area contributed by atoms with E-state index < -0.39 is 0 Å². The molecular weight excluding hydrogens is 164 g/mol. The molecule has 2 nitrogen and oxygen atoms in total.